The van der Waals surface area contributed by atoms with E-state index < -0.39 is 82.4 Å². The second-order valence-electron chi connectivity index (χ2n) is 12.4. The molecule has 0 saturated heterocycles. The van der Waals surface area contributed by atoms with Gasteiger partial charge in [-0.2, -0.15) is 0 Å². The van der Waals surface area contributed by atoms with Crippen LogP contribution in [0, 0.1) is 5.82 Å². The summed E-state index contributed by atoms with van der Waals surface area (Å²) in [5.41, 5.74) is 16.4. The van der Waals surface area contributed by atoms with Crippen molar-refractivity contribution in [3.8, 4) is 0 Å². The van der Waals surface area contributed by atoms with Crippen LogP contribution in [-0.2, 0) is 52.4 Å². The molecule has 3 aromatic rings. The molecule has 1 aromatic heterocycles. The molecule has 0 aliphatic rings. The van der Waals surface area contributed by atoms with Gasteiger partial charge >= 0.3 is 5.63 Å². The minimum atomic E-state index is -1.34. The van der Waals surface area contributed by atoms with E-state index in [1.54, 1.807) is 0 Å². The first-order chi connectivity index (χ1) is 26.0. The SMILES string of the molecule is CC(=O)N[C@@H](CCS(C)=O)C(=O)NCC(=O)N[C@@H](Cc1ccc(F)cc1)C(=O)N[C@@H](CCCN=C(N)N)C(=O)Nc1ccc2c(CC(N)=O)cc(=O)oc2c1. The average Bonchev–Trinajstić information content (AvgIpc) is 3.10. The number of nitrogens with two attached hydrogens (primary N) is 3. The Hall–Kier alpha value is -6.18. The molecule has 1 heterocycles. The summed E-state index contributed by atoms with van der Waals surface area (Å²) in [4.78, 5) is 92.6. The monoisotopic (exact) mass is 785 g/mol. The Kier molecular flexibility index (Phi) is 16.4. The maximum atomic E-state index is 13.8. The van der Waals surface area contributed by atoms with E-state index in [1.165, 1.54) is 55.6 Å². The van der Waals surface area contributed by atoms with Gasteiger partial charge in [0.1, 0.15) is 29.5 Å². The number of nitrogens with zero attached hydrogens (tertiary/aromatic N) is 1. The first-order valence-corrected chi connectivity index (χ1v) is 18.6. The van der Waals surface area contributed by atoms with Crippen LogP contribution in [0.3, 0.4) is 0 Å². The van der Waals surface area contributed by atoms with E-state index in [2.05, 4.69) is 31.6 Å². The number of hydrogen-bond donors (Lipinski definition) is 8. The summed E-state index contributed by atoms with van der Waals surface area (Å²) in [6.07, 6.45) is 1.35. The van der Waals surface area contributed by atoms with Crippen molar-refractivity contribution in [3.05, 3.63) is 75.9 Å². The lowest BCUT2D eigenvalue weighted by Crippen LogP contribution is -2.55. The zero-order valence-corrected chi connectivity index (χ0v) is 31.0. The fourth-order valence-corrected chi connectivity index (χ4v) is 5.88. The third kappa shape index (κ3) is 15.0. The summed E-state index contributed by atoms with van der Waals surface area (Å²) in [7, 11) is -1.25. The maximum Gasteiger partial charge on any atom is 0.336 e. The number of nitrogens with one attached hydrogen (secondary N) is 5. The van der Waals surface area contributed by atoms with Crippen molar-refractivity contribution in [2.24, 2.45) is 22.2 Å². The van der Waals surface area contributed by atoms with Crippen LogP contribution in [0.2, 0.25) is 0 Å². The zero-order valence-electron chi connectivity index (χ0n) is 30.1. The lowest BCUT2D eigenvalue weighted by molar-refractivity contribution is -0.132. The molecule has 296 valence electrons. The van der Waals surface area contributed by atoms with Gasteiger partial charge in [0, 0.05) is 65.9 Å². The molecule has 0 saturated carbocycles. The van der Waals surface area contributed by atoms with Crippen LogP contribution >= 0.6 is 0 Å². The first kappa shape index (κ1) is 43.2. The molecular formula is C35H44FN9O9S. The van der Waals surface area contributed by atoms with Gasteiger partial charge in [-0.1, -0.05) is 12.1 Å². The molecule has 55 heavy (non-hydrogen) atoms. The molecule has 0 fully saturated rings. The highest BCUT2D eigenvalue weighted by atomic mass is 32.2. The lowest BCUT2D eigenvalue weighted by Gasteiger charge is -2.24. The van der Waals surface area contributed by atoms with Gasteiger partial charge in [0.15, 0.2) is 5.96 Å². The largest absolute Gasteiger partial charge is 0.423 e. The van der Waals surface area contributed by atoms with Crippen LogP contribution in [0.4, 0.5) is 10.1 Å². The molecule has 18 nitrogen and oxygen atoms in total. The molecule has 1 unspecified atom stereocenters. The second kappa shape index (κ2) is 20.9. The van der Waals surface area contributed by atoms with Gasteiger partial charge in [-0.15, -0.1) is 0 Å². The average molecular weight is 786 g/mol. The normalized spacial score (nSPS) is 13.0. The minimum Gasteiger partial charge on any atom is -0.423 e. The van der Waals surface area contributed by atoms with Crippen LogP contribution in [0.5, 0.6) is 0 Å². The molecule has 0 bridgehead atoms. The highest BCUT2D eigenvalue weighted by molar-refractivity contribution is 7.84. The number of benzene rings is 2. The zero-order chi connectivity index (χ0) is 40.7. The van der Waals surface area contributed by atoms with Gasteiger partial charge < -0.3 is 48.2 Å². The highest BCUT2D eigenvalue weighted by Gasteiger charge is 2.28. The van der Waals surface area contributed by atoms with Crippen molar-refractivity contribution in [1.29, 1.82) is 0 Å². The number of hydrogen-bond acceptors (Lipinski definition) is 10. The molecule has 20 heteroatoms. The van der Waals surface area contributed by atoms with Crippen LogP contribution in [0.25, 0.3) is 11.0 Å². The third-order valence-electron chi connectivity index (χ3n) is 7.86. The fourth-order valence-electron chi connectivity index (χ4n) is 5.32. The van der Waals surface area contributed by atoms with Crippen LogP contribution < -0.4 is 49.4 Å². The van der Waals surface area contributed by atoms with Crippen molar-refractivity contribution < 1.29 is 41.8 Å². The van der Waals surface area contributed by atoms with Gasteiger partial charge in [0.2, 0.25) is 35.4 Å². The fraction of sp³-hybridized carbons (Fsp3) is 0.371. The molecule has 3 rings (SSSR count). The molecular weight excluding hydrogens is 742 g/mol. The number of carbonyl (C=O) groups is 6. The summed E-state index contributed by atoms with van der Waals surface area (Å²) in [6, 6.07) is 7.03. The van der Waals surface area contributed by atoms with Gasteiger partial charge in [0.25, 0.3) is 0 Å². The van der Waals surface area contributed by atoms with Crippen LogP contribution in [0.1, 0.15) is 37.3 Å². The number of primary amides is 1. The Morgan fingerprint density at radius 3 is 2.20 bits per heavy atom. The predicted molar refractivity (Wildman–Crippen MR) is 202 cm³/mol. The van der Waals surface area contributed by atoms with E-state index in [4.69, 9.17) is 21.6 Å². The molecule has 6 amide bonds. The first-order valence-electron chi connectivity index (χ1n) is 16.9. The Morgan fingerprint density at radius 1 is 0.873 bits per heavy atom. The Labute approximate surface area is 317 Å². The number of halogens is 1. The van der Waals surface area contributed by atoms with E-state index in [1.807, 2.05) is 0 Å². The highest BCUT2D eigenvalue weighted by Crippen LogP contribution is 2.22. The number of carbonyl (C=O) groups excluding carboxylic acids is 6. The van der Waals surface area contributed by atoms with E-state index >= 15 is 0 Å². The van der Waals surface area contributed by atoms with Gasteiger partial charge in [-0.25, -0.2) is 9.18 Å². The van der Waals surface area contributed by atoms with Gasteiger partial charge in [-0.3, -0.25) is 38.0 Å². The van der Waals surface area contributed by atoms with Crippen LogP contribution in [0.15, 0.2) is 62.7 Å². The predicted octanol–water partition coefficient (Wildman–Crippen LogP) is -1.45. The van der Waals surface area contributed by atoms with E-state index in [9.17, 15) is 42.2 Å². The summed E-state index contributed by atoms with van der Waals surface area (Å²) < 4.78 is 30.5. The van der Waals surface area contributed by atoms with Crippen LogP contribution in [-0.4, -0.2) is 88.8 Å². The summed E-state index contributed by atoms with van der Waals surface area (Å²) in [6.45, 7) is 0.696. The van der Waals surface area contributed by atoms with E-state index in [-0.39, 0.29) is 61.6 Å². The number of anilines is 1. The molecule has 0 aliphatic heterocycles. The topological polar surface area (TPSA) is 300 Å². The number of guanidine groups is 1. The molecule has 2 aromatic carbocycles. The summed E-state index contributed by atoms with van der Waals surface area (Å²) >= 11 is 0. The maximum absolute atomic E-state index is 13.8. The Balaban J connectivity index is 1.83. The number of amides is 6. The smallest absolute Gasteiger partial charge is 0.336 e. The summed E-state index contributed by atoms with van der Waals surface area (Å²) in [5, 5.41) is 13.1. The van der Waals surface area contributed by atoms with Crippen molar-refractivity contribution in [2.45, 2.75) is 57.2 Å². The lowest BCUT2D eigenvalue weighted by atomic mass is 10.0. The van der Waals surface area contributed by atoms with Crippen molar-refractivity contribution in [1.82, 2.24) is 21.3 Å². The Bertz CT molecular complexity index is 2000. The molecule has 11 N–H and O–H groups in total. The standard InChI is InChI=1S/C35H44FN9O9S/c1-19(46)42-26(11-13-55(2)53)32(50)41-18-30(48)44-27(14-20-5-7-22(36)8-6-20)34(52)45-25(4-3-12-40-35(38)39)33(51)43-23-9-10-24-21(15-29(37)47)16-31(49)54-28(24)17-23/h5-10,16-17,25-27H,3-4,11-15,18H2,1-2H3,(H2,37,47)(H,41,50)(H,42,46)(H,43,51)(H,44,48)(H,45,52)(H4,38,39,40)/t25-,26-,27-,55?/m0/s1. The van der Waals surface area contributed by atoms with E-state index in [0.29, 0.717) is 16.5 Å². The number of aliphatic imine (C=N–C) groups is 1. The van der Waals surface area contributed by atoms with Gasteiger partial charge in [-0.05, 0) is 54.7 Å². The van der Waals surface area contributed by atoms with E-state index in [0.717, 1.165) is 6.07 Å². The minimum absolute atomic E-state index is 0.0140. The molecule has 0 spiro atoms. The van der Waals surface area contributed by atoms with Crippen molar-refractivity contribution in [3.63, 3.8) is 0 Å². The Morgan fingerprint density at radius 2 is 1.56 bits per heavy atom. The summed E-state index contributed by atoms with van der Waals surface area (Å²) in [5.74, 6) is -4.83. The number of rotatable bonds is 20. The van der Waals surface area contributed by atoms with Crippen molar-refractivity contribution in [2.75, 3.05) is 30.4 Å². The molecule has 0 radical (unpaired) electrons. The van der Waals surface area contributed by atoms with Gasteiger partial charge in [0.05, 0.1) is 13.0 Å². The second-order valence-corrected chi connectivity index (χ2v) is 14.0. The quantitative estimate of drug-likeness (QED) is 0.0284. The molecule has 4 atom stereocenters. The molecule has 0 aliphatic carbocycles. The number of fused-ring (bicyclic) bond motifs is 1. The van der Waals surface area contributed by atoms with Crippen molar-refractivity contribution >= 4 is 68.9 Å². The third-order valence-corrected chi connectivity index (χ3v) is 8.67.